The molecule has 7 heteroatoms. The van der Waals surface area contributed by atoms with E-state index in [1.54, 1.807) is 18.3 Å². The molecule has 0 bridgehead atoms. The predicted molar refractivity (Wildman–Crippen MR) is 90.3 cm³/mol. The molecule has 1 unspecified atom stereocenters. The molecule has 0 spiro atoms. The Hall–Kier alpha value is -2.34. The van der Waals surface area contributed by atoms with Crippen molar-refractivity contribution in [2.24, 2.45) is 0 Å². The standard InChI is InChI=1S/C17H17ClFN3O2/c1-24-15-5-4-11(19)9-13(15)17(23)21-12-6-8-22(10-12)16-14(18)3-2-7-20-16/h2-5,7,9,12H,6,8,10H2,1H3,(H,21,23). The number of halogens is 2. The number of hydrogen-bond acceptors (Lipinski definition) is 4. The van der Waals surface area contributed by atoms with Gasteiger partial charge in [-0.05, 0) is 36.8 Å². The molecule has 1 atom stereocenters. The molecule has 1 amide bonds. The van der Waals surface area contributed by atoms with Gasteiger partial charge >= 0.3 is 0 Å². The van der Waals surface area contributed by atoms with Gasteiger partial charge in [0.05, 0.1) is 17.7 Å². The van der Waals surface area contributed by atoms with Crippen LogP contribution in [-0.2, 0) is 0 Å². The second-order valence-electron chi connectivity index (χ2n) is 5.56. The zero-order valence-electron chi connectivity index (χ0n) is 13.1. The predicted octanol–water partition coefficient (Wildman–Crippen LogP) is 2.89. The van der Waals surface area contributed by atoms with Crippen LogP contribution >= 0.6 is 11.6 Å². The minimum Gasteiger partial charge on any atom is -0.496 e. The number of rotatable bonds is 4. The summed E-state index contributed by atoms with van der Waals surface area (Å²) in [6.45, 7) is 1.34. The molecule has 1 aliphatic rings. The molecule has 0 radical (unpaired) electrons. The Morgan fingerprint density at radius 1 is 1.46 bits per heavy atom. The number of carbonyl (C=O) groups is 1. The van der Waals surface area contributed by atoms with Gasteiger partial charge in [-0.25, -0.2) is 9.37 Å². The molecular weight excluding hydrogens is 333 g/mol. The fourth-order valence-corrected chi connectivity index (χ4v) is 3.04. The van der Waals surface area contributed by atoms with Crippen molar-refractivity contribution in [3.05, 3.63) is 52.9 Å². The third-order valence-corrected chi connectivity index (χ3v) is 4.26. The fraction of sp³-hybridized carbons (Fsp3) is 0.294. The summed E-state index contributed by atoms with van der Waals surface area (Å²) in [5.41, 5.74) is 0.187. The van der Waals surface area contributed by atoms with Crippen molar-refractivity contribution in [1.82, 2.24) is 10.3 Å². The highest BCUT2D eigenvalue weighted by atomic mass is 35.5. The average molecular weight is 350 g/mol. The summed E-state index contributed by atoms with van der Waals surface area (Å²) < 4.78 is 18.5. The number of aromatic nitrogens is 1. The number of ether oxygens (including phenoxy) is 1. The normalized spacial score (nSPS) is 17.0. The van der Waals surface area contributed by atoms with Crippen molar-refractivity contribution >= 4 is 23.3 Å². The van der Waals surface area contributed by atoms with Crippen molar-refractivity contribution in [2.45, 2.75) is 12.5 Å². The lowest BCUT2D eigenvalue weighted by Gasteiger charge is -2.19. The number of nitrogens with zero attached hydrogens (tertiary/aromatic N) is 2. The van der Waals surface area contributed by atoms with E-state index in [1.807, 2.05) is 4.90 Å². The van der Waals surface area contributed by atoms with Crippen LogP contribution in [0.25, 0.3) is 0 Å². The second-order valence-corrected chi connectivity index (χ2v) is 5.97. The van der Waals surface area contributed by atoms with Crippen LogP contribution in [0, 0.1) is 5.82 Å². The van der Waals surface area contributed by atoms with Crippen LogP contribution in [0.1, 0.15) is 16.8 Å². The summed E-state index contributed by atoms with van der Waals surface area (Å²) in [7, 11) is 1.45. The number of anilines is 1. The van der Waals surface area contributed by atoms with E-state index in [0.29, 0.717) is 23.1 Å². The van der Waals surface area contributed by atoms with Crippen molar-refractivity contribution in [2.75, 3.05) is 25.1 Å². The summed E-state index contributed by atoms with van der Waals surface area (Å²) in [6.07, 6.45) is 2.45. The monoisotopic (exact) mass is 349 g/mol. The van der Waals surface area contributed by atoms with E-state index in [-0.39, 0.29) is 17.5 Å². The molecule has 5 nitrogen and oxygen atoms in total. The summed E-state index contributed by atoms with van der Waals surface area (Å²) in [4.78, 5) is 18.7. The SMILES string of the molecule is COc1ccc(F)cc1C(=O)NC1CCN(c2ncccc2Cl)C1. The van der Waals surface area contributed by atoms with Crippen molar-refractivity contribution in [3.63, 3.8) is 0 Å². The Labute approximate surface area is 144 Å². The Bertz CT molecular complexity index is 756. The third-order valence-electron chi connectivity index (χ3n) is 3.97. The van der Waals surface area contributed by atoms with Crippen molar-refractivity contribution < 1.29 is 13.9 Å². The van der Waals surface area contributed by atoms with E-state index in [1.165, 1.54) is 25.3 Å². The Morgan fingerprint density at radius 2 is 2.29 bits per heavy atom. The third kappa shape index (κ3) is 3.43. The lowest BCUT2D eigenvalue weighted by Crippen LogP contribution is -2.37. The summed E-state index contributed by atoms with van der Waals surface area (Å²) in [5.74, 6) is 0.218. The van der Waals surface area contributed by atoms with Gasteiger partial charge in [-0.1, -0.05) is 11.6 Å². The van der Waals surface area contributed by atoms with E-state index in [2.05, 4.69) is 10.3 Å². The molecule has 1 aliphatic heterocycles. The molecule has 2 aromatic rings. The number of methoxy groups -OCH3 is 1. The molecule has 1 aromatic carbocycles. The quantitative estimate of drug-likeness (QED) is 0.922. The van der Waals surface area contributed by atoms with Gasteiger partial charge < -0.3 is 15.0 Å². The molecule has 126 valence electrons. The topological polar surface area (TPSA) is 54.5 Å². The first-order chi connectivity index (χ1) is 11.6. The second kappa shape index (κ2) is 7.05. The number of benzene rings is 1. The van der Waals surface area contributed by atoms with E-state index in [4.69, 9.17) is 16.3 Å². The smallest absolute Gasteiger partial charge is 0.255 e. The Kier molecular flexibility index (Phi) is 4.85. The molecule has 24 heavy (non-hydrogen) atoms. The highest BCUT2D eigenvalue weighted by Crippen LogP contribution is 2.26. The van der Waals surface area contributed by atoms with Gasteiger partial charge in [-0.15, -0.1) is 0 Å². The van der Waals surface area contributed by atoms with Crippen molar-refractivity contribution in [3.8, 4) is 5.75 Å². The highest BCUT2D eigenvalue weighted by Gasteiger charge is 2.27. The van der Waals surface area contributed by atoms with Gasteiger partial charge in [0.25, 0.3) is 5.91 Å². The maximum absolute atomic E-state index is 13.4. The Balaban J connectivity index is 1.69. The fourth-order valence-electron chi connectivity index (χ4n) is 2.80. The van der Waals surface area contributed by atoms with Crippen LogP contribution in [0.15, 0.2) is 36.5 Å². The maximum Gasteiger partial charge on any atom is 0.255 e. The molecule has 3 rings (SSSR count). The van der Waals surface area contributed by atoms with Crippen LogP contribution in [0.5, 0.6) is 5.75 Å². The first-order valence-electron chi connectivity index (χ1n) is 7.58. The molecule has 1 fully saturated rings. The highest BCUT2D eigenvalue weighted by molar-refractivity contribution is 6.32. The number of carbonyl (C=O) groups excluding carboxylic acids is 1. The number of amides is 1. The average Bonchev–Trinajstić information content (AvgIpc) is 3.03. The molecule has 2 heterocycles. The van der Waals surface area contributed by atoms with Gasteiger partial charge in [-0.3, -0.25) is 4.79 Å². The van der Waals surface area contributed by atoms with Gasteiger partial charge in [0.15, 0.2) is 0 Å². The minimum absolute atomic E-state index is 0.0662. The maximum atomic E-state index is 13.4. The first kappa shape index (κ1) is 16.5. The van der Waals surface area contributed by atoms with Crippen LogP contribution in [0.2, 0.25) is 5.02 Å². The van der Waals surface area contributed by atoms with E-state index < -0.39 is 5.82 Å². The van der Waals surface area contributed by atoms with E-state index in [0.717, 1.165) is 13.0 Å². The molecular formula is C17H17ClFN3O2. The van der Waals surface area contributed by atoms with Crippen LogP contribution in [-0.4, -0.2) is 37.1 Å². The number of pyridine rings is 1. The number of hydrogen-bond donors (Lipinski definition) is 1. The molecule has 1 N–H and O–H groups in total. The van der Waals surface area contributed by atoms with E-state index in [9.17, 15) is 9.18 Å². The summed E-state index contributed by atoms with van der Waals surface area (Å²) in [5, 5.41) is 3.50. The van der Waals surface area contributed by atoms with Gasteiger partial charge in [0.1, 0.15) is 17.4 Å². The van der Waals surface area contributed by atoms with Gasteiger partial charge in [0.2, 0.25) is 0 Å². The first-order valence-corrected chi connectivity index (χ1v) is 7.96. The molecule has 1 saturated heterocycles. The van der Waals surface area contributed by atoms with E-state index >= 15 is 0 Å². The minimum atomic E-state index is -0.478. The lowest BCUT2D eigenvalue weighted by atomic mass is 10.1. The molecule has 0 aliphatic carbocycles. The zero-order valence-corrected chi connectivity index (χ0v) is 13.9. The van der Waals surface area contributed by atoms with Crippen LogP contribution < -0.4 is 15.0 Å². The van der Waals surface area contributed by atoms with Gasteiger partial charge in [0, 0.05) is 25.3 Å². The molecule has 1 aromatic heterocycles. The summed E-state index contributed by atoms with van der Waals surface area (Å²) >= 11 is 6.16. The summed E-state index contributed by atoms with van der Waals surface area (Å²) in [6, 6.07) is 7.37. The van der Waals surface area contributed by atoms with Crippen molar-refractivity contribution in [1.29, 1.82) is 0 Å². The largest absolute Gasteiger partial charge is 0.496 e. The van der Waals surface area contributed by atoms with Crippen LogP contribution in [0.4, 0.5) is 10.2 Å². The molecule has 0 saturated carbocycles. The van der Waals surface area contributed by atoms with Crippen LogP contribution in [0.3, 0.4) is 0 Å². The van der Waals surface area contributed by atoms with Gasteiger partial charge in [-0.2, -0.15) is 0 Å². The Morgan fingerprint density at radius 3 is 3.04 bits per heavy atom. The zero-order chi connectivity index (χ0) is 17.1. The number of nitrogens with one attached hydrogen (secondary N) is 1. The lowest BCUT2D eigenvalue weighted by molar-refractivity contribution is 0.0937.